The van der Waals surface area contributed by atoms with Crippen molar-refractivity contribution in [3.8, 4) is 5.75 Å². The Bertz CT molecular complexity index is 735. The van der Waals surface area contributed by atoms with E-state index in [0.717, 1.165) is 16.0 Å². The van der Waals surface area contributed by atoms with Crippen molar-refractivity contribution in [2.45, 2.75) is 13.0 Å². The van der Waals surface area contributed by atoms with Crippen LogP contribution in [0, 0.1) is 0 Å². The highest BCUT2D eigenvalue weighted by Gasteiger charge is 2.15. The van der Waals surface area contributed by atoms with E-state index in [-0.39, 0.29) is 13.2 Å². The molecule has 0 fully saturated rings. The molecule has 27 heavy (non-hydrogen) atoms. The lowest BCUT2D eigenvalue weighted by atomic mass is 10.2. The number of methoxy groups -OCH3 is 1. The molecule has 0 atom stereocenters. The molecule has 0 heterocycles. The summed E-state index contributed by atoms with van der Waals surface area (Å²) in [5, 5.41) is 0. The van der Waals surface area contributed by atoms with Crippen LogP contribution in [0.3, 0.4) is 0 Å². The number of nitrogens with zero attached hydrogens (tertiary/aromatic N) is 1. The third-order valence-corrected chi connectivity index (χ3v) is 3.76. The molecule has 6 heteroatoms. The number of carbonyl (C=O) groups is 1. The molecule has 0 N–H and O–H groups in total. The zero-order valence-corrected chi connectivity index (χ0v) is 15.2. The predicted octanol–water partition coefficient (Wildman–Crippen LogP) is 4.02. The summed E-state index contributed by atoms with van der Waals surface area (Å²) in [6.07, 6.45) is 0.283. The molecule has 0 saturated carbocycles. The summed E-state index contributed by atoms with van der Waals surface area (Å²) in [6.45, 7) is 0.137. The van der Waals surface area contributed by atoms with Gasteiger partial charge < -0.3 is 14.4 Å². The SMILES string of the molecule is COCCN(CC(F)F)C(=O)/C=C/c1cccc(OCc2ccccc2)c1. The van der Waals surface area contributed by atoms with Crippen LogP contribution in [0.1, 0.15) is 11.1 Å². The van der Waals surface area contributed by atoms with Gasteiger partial charge >= 0.3 is 0 Å². The first-order valence-corrected chi connectivity index (χ1v) is 8.59. The zero-order chi connectivity index (χ0) is 19.5. The van der Waals surface area contributed by atoms with Crippen LogP contribution in [0.2, 0.25) is 0 Å². The molecular formula is C21H23F2NO3. The second-order valence-corrected chi connectivity index (χ2v) is 5.85. The molecule has 2 aromatic carbocycles. The van der Waals surface area contributed by atoms with Crippen LogP contribution in [0.5, 0.6) is 5.75 Å². The summed E-state index contributed by atoms with van der Waals surface area (Å²) in [5.41, 5.74) is 1.80. The number of amides is 1. The van der Waals surface area contributed by atoms with E-state index in [1.165, 1.54) is 13.2 Å². The Balaban J connectivity index is 1.97. The number of ether oxygens (including phenoxy) is 2. The van der Waals surface area contributed by atoms with Crippen molar-refractivity contribution >= 4 is 12.0 Å². The van der Waals surface area contributed by atoms with Gasteiger partial charge in [-0.05, 0) is 29.3 Å². The summed E-state index contributed by atoms with van der Waals surface area (Å²) in [7, 11) is 1.46. The number of hydrogen-bond acceptors (Lipinski definition) is 3. The molecule has 0 spiro atoms. The molecule has 0 aliphatic carbocycles. The Hall–Kier alpha value is -2.73. The van der Waals surface area contributed by atoms with Crippen molar-refractivity contribution in [2.24, 2.45) is 0 Å². The molecule has 4 nitrogen and oxygen atoms in total. The molecule has 0 unspecified atom stereocenters. The highest BCUT2D eigenvalue weighted by atomic mass is 19.3. The third kappa shape index (κ3) is 7.58. The van der Waals surface area contributed by atoms with Gasteiger partial charge in [-0.15, -0.1) is 0 Å². The van der Waals surface area contributed by atoms with Crippen molar-refractivity contribution < 1.29 is 23.0 Å². The van der Waals surface area contributed by atoms with Crippen molar-refractivity contribution in [3.63, 3.8) is 0 Å². The Labute approximate surface area is 158 Å². The first kappa shape index (κ1) is 20.6. The number of carbonyl (C=O) groups excluding carboxylic acids is 1. The van der Waals surface area contributed by atoms with Gasteiger partial charge in [0.2, 0.25) is 5.91 Å². The summed E-state index contributed by atoms with van der Waals surface area (Å²) >= 11 is 0. The first-order chi connectivity index (χ1) is 13.1. The van der Waals surface area contributed by atoms with E-state index in [2.05, 4.69) is 0 Å². The predicted molar refractivity (Wildman–Crippen MR) is 101 cm³/mol. The van der Waals surface area contributed by atoms with Crippen molar-refractivity contribution in [1.29, 1.82) is 0 Å². The van der Waals surface area contributed by atoms with Gasteiger partial charge in [-0.3, -0.25) is 4.79 Å². The highest BCUT2D eigenvalue weighted by molar-refractivity contribution is 5.91. The maximum absolute atomic E-state index is 12.6. The minimum absolute atomic E-state index is 0.115. The summed E-state index contributed by atoms with van der Waals surface area (Å²) in [5.74, 6) is 0.181. The maximum atomic E-state index is 12.6. The van der Waals surface area contributed by atoms with Gasteiger partial charge in [0.1, 0.15) is 12.4 Å². The van der Waals surface area contributed by atoms with Crippen LogP contribution in [0.4, 0.5) is 8.78 Å². The van der Waals surface area contributed by atoms with E-state index >= 15 is 0 Å². The van der Waals surface area contributed by atoms with Gasteiger partial charge in [-0.2, -0.15) is 0 Å². The largest absolute Gasteiger partial charge is 0.489 e. The quantitative estimate of drug-likeness (QED) is 0.589. The third-order valence-electron chi connectivity index (χ3n) is 3.76. The molecule has 1 amide bonds. The van der Waals surface area contributed by atoms with Gasteiger partial charge in [0.25, 0.3) is 6.43 Å². The highest BCUT2D eigenvalue weighted by Crippen LogP contribution is 2.16. The second-order valence-electron chi connectivity index (χ2n) is 5.85. The van der Waals surface area contributed by atoms with Gasteiger partial charge in [0.15, 0.2) is 0 Å². The van der Waals surface area contributed by atoms with E-state index < -0.39 is 18.9 Å². The molecule has 0 aliphatic rings. The zero-order valence-electron chi connectivity index (χ0n) is 15.2. The van der Waals surface area contributed by atoms with E-state index in [9.17, 15) is 13.6 Å². The molecule has 2 rings (SSSR count). The fourth-order valence-electron chi connectivity index (χ4n) is 2.38. The van der Waals surface area contributed by atoms with Crippen LogP contribution >= 0.6 is 0 Å². The second kappa shape index (κ2) is 11.1. The monoisotopic (exact) mass is 375 g/mol. The van der Waals surface area contributed by atoms with E-state index in [0.29, 0.717) is 12.4 Å². The fraction of sp³-hybridized carbons (Fsp3) is 0.286. The van der Waals surface area contributed by atoms with Crippen molar-refractivity contribution in [1.82, 2.24) is 4.90 Å². The summed E-state index contributed by atoms with van der Waals surface area (Å²) < 4.78 is 35.9. The molecular weight excluding hydrogens is 352 g/mol. The van der Waals surface area contributed by atoms with Crippen molar-refractivity contribution in [2.75, 3.05) is 26.8 Å². The number of benzene rings is 2. The normalized spacial score (nSPS) is 11.1. The molecule has 2 aromatic rings. The summed E-state index contributed by atoms with van der Waals surface area (Å²) in [4.78, 5) is 13.2. The summed E-state index contributed by atoms with van der Waals surface area (Å²) in [6, 6.07) is 17.0. The van der Waals surface area contributed by atoms with Crippen LogP contribution in [-0.2, 0) is 16.1 Å². The molecule has 0 saturated heterocycles. The van der Waals surface area contributed by atoms with Crippen LogP contribution < -0.4 is 4.74 Å². The number of hydrogen-bond donors (Lipinski definition) is 0. The topological polar surface area (TPSA) is 38.8 Å². The van der Waals surface area contributed by atoms with Crippen LogP contribution in [-0.4, -0.2) is 44.0 Å². The number of halogens is 2. The Morgan fingerprint density at radius 2 is 1.93 bits per heavy atom. The number of rotatable bonds is 10. The first-order valence-electron chi connectivity index (χ1n) is 8.59. The Morgan fingerprint density at radius 3 is 2.63 bits per heavy atom. The van der Waals surface area contributed by atoms with Crippen molar-refractivity contribution in [3.05, 3.63) is 71.8 Å². The lowest BCUT2D eigenvalue weighted by Crippen LogP contribution is -2.36. The molecule has 0 aliphatic heterocycles. The molecule has 0 radical (unpaired) electrons. The van der Waals surface area contributed by atoms with Gasteiger partial charge in [0.05, 0.1) is 13.2 Å². The van der Waals surface area contributed by atoms with Gasteiger partial charge in [0, 0.05) is 19.7 Å². The average molecular weight is 375 g/mol. The Morgan fingerprint density at radius 1 is 1.15 bits per heavy atom. The smallest absolute Gasteiger partial charge is 0.255 e. The lowest BCUT2D eigenvalue weighted by Gasteiger charge is -2.20. The maximum Gasteiger partial charge on any atom is 0.255 e. The van der Waals surface area contributed by atoms with Gasteiger partial charge in [-0.1, -0.05) is 42.5 Å². The van der Waals surface area contributed by atoms with Crippen LogP contribution in [0.25, 0.3) is 6.08 Å². The van der Waals surface area contributed by atoms with E-state index in [1.54, 1.807) is 12.1 Å². The fourth-order valence-corrected chi connectivity index (χ4v) is 2.38. The lowest BCUT2D eigenvalue weighted by molar-refractivity contribution is -0.128. The Kier molecular flexibility index (Phi) is 8.45. The van der Waals surface area contributed by atoms with E-state index in [4.69, 9.17) is 9.47 Å². The minimum atomic E-state index is -2.59. The molecule has 0 bridgehead atoms. The standard InChI is InChI=1S/C21H23F2NO3/c1-26-13-12-24(15-20(22)23)21(25)11-10-17-8-5-9-19(14-17)27-16-18-6-3-2-4-7-18/h2-11,14,20H,12-13,15-16H2,1H3/b11-10+. The van der Waals surface area contributed by atoms with Crippen LogP contribution in [0.15, 0.2) is 60.7 Å². The van der Waals surface area contributed by atoms with Gasteiger partial charge in [-0.25, -0.2) is 8.78 Å². The number of alkyl halides is 2. The average Bonchev–Trinajstić information content (AvgIpc) is 2.68. The minimum Gasteiger partial charge on any atom is -0.489 e. The molecule has 144 valence electrons. The molecule has 0 aromatic heterocycles. The van der Waals surface area contributed by atoms with E-state index in [1.807, 2.05) is 48.5 Å².